The number of aromatic nitrogens is 1. The average molecular weight is 234 g/mol. The van der Waals surface area contributed by atoms with Crippen molar-refractivity contribution < 1.29 is 0 Å². The fourth-order valence-electron chi connectivity index (χ4n) is 2.43. The highest BCUT2D eigenvalue weighted by Crippen LogP contribution is 2.22. The molecule has 1 aliphatic rings. The summed E-state index contributed by atoms with van der Waals surface area (Å²) in [6.07, 6.45) is 3.81. The van der Waals surface area contributed by atoms with Gasteiger partial charge >= 0.3 is 0 Å². The van der Waals surface area contributed by atoms with E-state index < -0.39 is 0 Å². The van der Waals surface area contributed by atoms with Crippen LogP contribution in [0.15, 0.2) is 18.5 Å². The second-order valence-corrected chi connectivity index (χ2v) is 4.82. The van der Waals surface area contributed by atoms with Crippen LogP contribution < -0.4 is 5.73 Å². The summed E-state index contributed by atoms with van der Waals surface area (Å²) < 4.78 is 0. The predicted octanol–water partition coefficient (Wildman–Crippen LogP) is 0.637. The molecule has 0 spiro atoms. The average Bonchev–Trinajstić information content (AvgIpc) is 2.35. The van der Waals surface area contributed by atoms with Gasteiger partial charge in [0.1, 0.15) is 0 Å². The van der Waals surface area contributed by atoms with Crippen molar-refractivity contribution >= 4 is 0 Å². The normalized spacial score (nSPS) is 20.4. The maximum Gasteiger partial charge on any atom is 0.0489 e. The van der Waals surface area contributed by atoms with Gasteiger partial charge in [0.05, 0.1) is 0 Å². The predicted molar refractivity (Wildman–Crippen MR) is 69.8 cm³/mol. The summed E-state index contributed by atoms with van der Waals surface area (Å²) >= 11 is 0. The third-order valence-electron chi connectivity index (χ3n) is 3.64. The lowest BCUT2D eigenvalue weighted by Crippen LogP contribution is -2.47. The van der Waals surface area contributed by atoms with Crippen molar-refractivity contribution in [2.24, 2.45) is 5.73 Å². The molecule has 0 aromatic carbocycles. The number of rotatable bonds is 3. The van der Waals surface area contributed by atoms with Gasteiger partial charge in [0.25, 0.3) is 0 Å². The lowest BCUT2D eigenvalue weighted by Gasteiger charge is -2.38. The molecule has 0 aliphatic carbocycles. The van der Waals surface area contributed by atoms with Crippen molar-refractivity contribution in [1.82, 2.24) is 14.8 Å². The van der Waals surface area contributed by atoms with Gasteiger partial charge in [0, 0.05) is 51.2 Å². The van der Waals surface area contributed by atoms with Crippen LogP contribution in [0.1, 0.15) is 17.2 Å². The number of nitrogens with zero attached hydrogens (tertiary/aromatic N) is 3. The van der Waals surface area contributed by atoms with Gasteiger partial charge in [-0.25, -0.2) is 0 Å². The van der Waals surface area contributed by atoms with E-state index in [-0.39, 0.29) is 0 Å². The van der Waals surface area contributed by atoms with E-state index in [4.69, 9.17) is 5.73 Å². The first-order valence-electron chi connectivity index (χ1n) is 6.25. The third-order valence-corrected chi connectivity index (χ3v) is 3.64. The van der Waals surface area contributed by atoms with E-state index in [1.54, 1.807) is 0 Å². The molecule has 2 heterocycles. The number of aryl methyl sites for hydroxylation is 1. The van der Waals surface area contributed by atoms with Crippen LogP contribution in [-0.4, -0.2) is 54.6 Å². The van der Waals surface area contributed by atoms with E-state index in [9.17, 15) is 0 Å². The molecule has 1 saturated heterocycles. The van der Waals surface area contributed by atoms with E-state index in [2.05, 4.69) is 34.8 Å². The Kier molecular flexibility index (Phi) is 4.10. The van der Waals surface area contributed by atoms with Gasteiger partial charge in [0.15, 0.2) is 0 Å². The highest BCUT2D eigenvalue weighted by atomic mass is 15.3. The first-order chi connectivity index (χ1) is 8.22. The second kappa shape index (κ2) is 5.58. The minimum atomic E-state index is 0.317. The van der Waals surface area contributed by atoms with Gasteiger partial charge in [-0.2, -0.15) is 0 Å². The second-order valence-electron chi connectivity index (χ2n) is 4.82. The van der Waals surface area contributed by atoms with Gasteiger partial charge in [-0.15, -0.1) is 0 Å². The summed E-state index contributed by atoms with van der Waals surface area (Å²) in [6, 6.07) is 2.38. The Morgan fingerprint density at radius 2 is 2.06 bits per heavy atom. The zero-order valence-corrected chi connectivity index (χ0v) is 10.8. The molecule has 4 heteroatoms. The Bertz CT molecular complexity index is 358. The summed E-state index contributed by atoms with van der Waals surface area (Å²) in [4.78, 5) is 9.07. The molecule has 1 aromatic rings. The first kappa shape index (κ1) is 12.5. The van der Waals surface area contributed by atoms with E-state index in [1.807, 2.05) is 12.4 Å². The molecule has 0 radical (unpaired) electrons. The fourth-order valence-corrected chi connectivity index (χ4v) is 2.43. The van der Waals surface area contributed by atoms with Crippen LogP contribution in [0.3, 0.4) is 0 Å². The van der Waals surface area contributed by atoms with Crippen LogP contribution in [0, 0.1) is 6.92 Å². The van der Waals surface area contributed by atoms with Crippen LogP contribution in [-0.2, 0) is 0 Å². The Balaban J connectivity index is 2.14. The molecule has 0 bridgehead atoms. The van der Waals surface area contributed by atoms with Crippen molar-refractivity contribution in [2.45, 2.75) is 13.0 Å². The molecular weight excluding hydrogens is 212 g/mol. The standard InChI is InChI=1S/C13H22N4/c1-11-3-4-15-10-12(11)13(9-14)17-7-5-16(2)6-8-17/h3-4,10,13H,5-9,14H2,1-2H3. The quantitative estimate of drug-likeness (QED) is 0.833. The Hall–Kier alpha value is -0.970. The molecule has 0 saturated carbocycles. The molecule has 2 rings (SSSR count). The van der Waals surface area contributed by atoms with Crippen molar-refractivity contribution in [3.8, 4) is 0 Å². The van der Waals surface area contributed by atoms with Crippen LogP contribution in [0.5, 0.6) is 0 Å². The maximum absolute atomic E-state index is 5.96. The van der Waals surface area contributed by atoms with Gasteiger partial charge < -0.3 is 10.6 Å². The number of pyridine rings is 1. The molecule has 2 N–H and O–H groups in total. The third kappa shape index (κ3) is 2.83. The molecule has 94 valence electrons. The lowest BCUT2D eigenvalue weighted by atomic mass is 10.0. The summed E-state index contributed by atoms with van der Waals surface area (Å²) in [5.74, 6) is 0. The van der Waals surface area contributed by atoms with Crippen LogP contribution in [0.4, 0.5) is 0 Å². The lowest BCUT2D eigenvalue weighted by molar-refractivity contribution is 0.114. The molecule has 1 aromatic heterocycles. The molecule has 1 unspecified atom stereocenters. The summed E-state index contributed by atoms with van der Waals surface area (Å²) in [6.45, 7) is 7.22. The minimum Gasteiger partial charge on any atom is -0.329 e. The highest BCUT2D eigenvalue weighted by Gasteiger charge is 2.23. The van der Waals surface area contributed by atoms with Crippen LogP contribution in [0.25, 0.3) is 0 Å². The monoisotopic (exact) mass is 234 g/mol. The number of hydrogen-bond acceptors (Lipinski definition) is 4. The number of nitrogens with two attached hydrogens (primary N) is 1. The highest BCUT2D eigenvalue weighted by molar-refractivity contribution is 5.25. The van der Waals surface area contributed by atoms with Gasteiger partial charge in [0.2, 0.25) is 0 Å². The van der Waals surface area contributed by atoms with Gasteiger partial charge in [-0.3, -0.25) is 9.88 Å². The Morgan fingerprint density at radius 1 is 1.35 bits per heavy atom. The molecule has 17 heavy (non-hydrogen) atoms. The number of piperazine rings is 1. The first-order valence-corrected chi connectivity index (χ1v) is 6.25. The molecule has 4 nitrogen and oxygen atoms in total. The smallest absolute Gasteiger partial charge is 0.0489 e. The molecule has 1 fully saturated rings. The molecule has 1 atom stereocenters. The van der Waals surface area contributed by atoms with E-state index in [1.165, 1.54) is 11.1 Å². The van der Waals surface area contributed by atoms with Crippen molar-refractivity contribution in [3.05, 3.63) is 29.6 Å². The van der Waals surface area contributed by atoms with Gasteiger partial charge in [-0.1, -0.05) is 0 Å². The zero-order chi connectivity index (χ0) is 12.3. The summed E-state index contributed by atoms with van der Waals surface area (Å²) in [7, 11) is 2.17. The maximum atomic E-state index is 5.96. The fraction of sp³-hybridized carbons (Fsp3) is 0.615. The number of hydrogen-bond donors (Lipinski definition) is 1. The van der Waals surface area contributed by atoms with Crippen LogP contribution in [0.2, 0.25) is 0 Å². The largest absolute Gasteiger partial charge is 0.329 e. The summed E-state index contributed by atoms with van der Waals surface area (Å²) in [5.41, 5.74) is 8.52. The SMILES string of the molecule is Cc1ccncc1C(CN)N1CCN(C)CC1. The van der Waals surface area contributed by atoms with Crippen LogP contribution >= 0.6 is 0 Å². The molecule has 0 amide bonds. The molecule has 1 aliphatic heterocycles. The topological polar surface area (TPSA) is 45.4 Å². The van der Waals surface area contributed by atoms with E-state index in [0.717, 1.165) is 26.2 Å². The van der Waals surface area contributed by atoms with Crippen molar-refractivity contribution in [3.63, 3.8) is 0 Å². The van der Waals surface area contributed by atoms with Crippen molar-refractivity contribution in [1.29, 1.82) is 0 Å². The van der Waals surface area contributed by atoms with Gasteiger partial charge in [-0.05, 0) is 31.2 Å². The van der Waals surface area contributed by atoms with Crippen molar-refractivity contribution in [2.75, 3.05) is 39.8 Å². The van der Waals surface area contributed by atoms with E-state index >= 15 is 0 Å². The summed E-state index contributed by atoms with van der Waals surface area (Å²) in [5, 5.41) is 0. The Labute approximate surface area is 103 Å². The minimum absolute atomic E-state index is 0.317. The molecular formula is C13H22N4. The van der Waals surface area contributed by atoms with E-state index in [0.29, 0.717) is 12.6 Å². The number of likely N-dealkylation sites (N-methyl/N-ethyl adjacent to an activating group) is 1. The zero-order valence-electron chi connectivity index (χ0n) is 10.8. The Morgan fingerprint density at radius 3 is 2.65 bits per heavy atom.